The normalized spacial score (nSPS) is 10.6. The molecule has 0 saturated carbocycles. The molecule has 0 aliphatic heterocycles. The molecule has 96 valence electrons. The van der Waals surface area contributed by atoms with Crippen LogP contribution in [0.5, 0.6) is 0 Å². The Morgan fingerprint density at radius 1 is 1.50 bits per heavy atom. The Bertz CT molecular complexity index is 560. The molecule has 0 aliphatic rings. The minimum Gasteiger partial charge on any atom is -0.344 e. The summed E-state index contributed by atoms with van der Waals surface area (Å²) in [6.07, 6.45) is 0.759. The zero-order valence-electron chi connectivity index (χ0n) is 10.6. The first-order valence-electron chi connectivity index (χ1n) is 5.69. The second-order valence-corrected chi connectivity index (χ2v) is 4.74. The van der Waals surface area contributed by atoms with Crippen molar-refractivity contribution in [3.63, 3.8) is 0 Å². The Balaban J connectivity index is 2.03. The van der Waals surface area contributed by atoms with Crippen molar-refractivity contribution in [3.05, 3.63) is 27.7 Å². The molecular weight excluding hydrogens is 250 g/mol. The van der Waals surface area contributed by atoms with Gasteiger partial charge in [0, 0.05) is 7.05 Å². The Hall–Kier alpha value is -1.76. The summed E-state index contributed by atoms with van der Waals surface area (Å²) in [5, 5.41) is 10.8. The van der Waals surface area contributed by atoms with E-state index >= 15 is 0 Å². The molecule has 0 atom stereocenters. The lowest BCUT2D eigenvalue weighted by Gasteiger charge is -2.04. The molecule has 2 aromatic heterocycles. The third-order valence-electron chi connectivity index (χ3n) is 2.77. The molecular formula is C11H15N5OS. The quantitative estimate of drug-likeness (QED) is 0.897. The molecule has 0 fully saturated rings. The first-order chi connectivity index (χ1) is 8.63. The van der Waals surface area contributed by atoms with E-state index < -0.39 is 0 Å². The third-order valence-corrected chi connectivity index (χ3v) is 3.64. The number of hydrogen-bond acceptors (Lipinski definition) is 5. The van der Waals surface area contributed by atoms with Crippen molar-refractivity contribution in [1.29, 1.82) is 0 Å². The Labute approximate surface area is 109 Å². The lowest BCUT2D eigenvalue weighted by molar-refractivity contribution is 0.0952. The fourth-order valence-electron chi connectivity index (χ4n) is 1.55. The van der Waals surface area contributed by atoms with Gasteiger partial charge in [0.15, 0.2) is 5.82 Å². The van der Waals surface area contributed by atoms with Crippen molar-refractivity contribution in [2.24, 2.45) is 7.05 Å². The molecule has 1 N–H and O–H groups in total. The molecule has 18 heavy (non-hydrogen) atoms. The Morgan fingerprint density at radius 3 is 2.89 bits per heavy atom. The van der Waals surface area contributed by atoms with Gasteiger partial charge in [-0.1, -0.05) is 6.92 Å². The smallest absolute Gasteiger partial charge is 0.263 e. The summed E-state index contributed by atoms with van der Waals surface area (Å²) >= 11 is 1.36. The molecule has 0 bridgehead atoms. The summed E-state index contributed by atoms with van der Waals surface area (Å²) in [4.78, 5) is 16.8. The van der Waals surface area contributed by atoms with Crippen molar-refractivity contribution in [2.75, 3.05) is 0 Å². The van der Waals surface area contributed by atoms with Crippen LogP contribution in [0, 0.1) is 6.92 Å². The lowest BCUT2D eigenvalue weighted by Crippen LogP contribution is -2.24. The maximum Gasteiger partial charge on any atom is 0.263 e. The number of aryl methyl sites for hydroxylation is 2. The molecule has 1 amide bonds. The summed E-state index contributed by atoms with van der Waals surface area (Å²) in [6, 6.07) is 0. The van der Waals surface area contributed by atoms with E-state index in [9.17, 15) is 4.79 Å². The van der Waals surface area contributed by atoms with E-state index in [1.807, 2.05) is 25.5 Å². The predicted molar refractivity (Wildman–Crippen MR) is 68.4 cm³/mol. The van der Waals surface area contributed by atoms with Gasteiger partial charge >= 0.3 is 0 Å². The van der Waals surface area contributed by atoms with Crippen LogP contribution < -0.4 is 5.32 Å². The average Bonchev–Trinajstić information content (AvgIpc) is 2.96. The molecule has 2 rings (SSSR count). The number of nitrogens with one attached hydrogen (secondary N) is 1. The van der Waals surface area contributed by atoms with Crippen LogP contribution in [-0.2, 0) is 20.0 Å². The molecule has 0 unspecified atom stereocenters. The number of hydrogen-bond donors (Lipinski definition) is 1. The van der Waals surface area contributed by atoms with Crippen LogP contribution in [0.15, 0.2) is 5.51 Å². The minimum absolute atomic E-state index is 0.102. The van der Waals surface area contributed by atoms with Gasteiger partial charge in [-0.05, 0) is 13.3 Å². The first-order valence-corrected chi connectivity index (χ1v) is 6.56. The molecule has 0 spiro atoms. The maximum absolute atomic E-state index is 12.0. The monoisotopic (exact) mass is 265 g/mol. The van der Waals surface area contributed by atoms with E-state index in [1.54, 1.807) is 5.51 Å². The van der Waals surface area contributed by atoms with Gasteiger partial charge in [0.25, 0.3) is 5.91 Å². The van der Waals surface area contributed by atoms with Gasteiger partial charge in [0.2, 0.25) is 0 Å². The zero-order chi connectivity index (χ0) is 13.1. The van der Waals surface area contributed by atoms with Crippen LogP contribution in [0.3, 0.4) is 0 Å². The molecule has 2 aromatic rings. The third kappa shape index (κ3) is 2.40. The van der Waals surface area contributed by atoms with E-state index in [0.29, 0.717) is 11.4 Å². The second kappa shape index (κ2) is 5.26. The molecule has 6 nitrogen and oxygen atoms in total. The van der Waals surface area contributed by atoms with E-state index in [0.717, 1.165) is 23.8 Å². The zero-order valence-corrected chi connectivity index (χ0v) is 11.4. The van der Waals surface area contributed by atoms with E-state index in [2.05, 4.69) is 20.5 Å². The van der Waals surface area contributed by atoms with Crippen LogP contribution in [-0.4, -0.2) is 25.7 Å². The Morgan fingerprint density at radius 2 is 2.28 bits per heavy atom. The van der Waals surface area contributed by atoms with Crippen LogP contribution in [0.1, 0.15) is 33.9 Å². The number of rotatable bonds is 4. The van der Waals surface area contributed by atoms with Gasteiger partial charge in [-0.2, -0.15) is 0 Å². The highest BCUT2D eigenvalue weighted by Gasteiger charge is 2.14. The molecule has 0 aromatic carbocycles. The number of thiazole rings is 1. The van der Waals surface area contributed by atoms with Gasteiger partial charge < -0.3 is 9.88 Å². The number of carbonyl (C=O) groups excluding carboxylic acids is 1. The minimum atomic E-state index is -0.102. The summed E-state index contributed by atoms with van der Waals surface area (Å²) in [6.45, 7) is 4.23. The SMILES string of the molecule is CCc1ncsc1C(=O)NCc1nnc(C)n1C. The average molecular weight is 265 g/mol. The van der Waals surface area contributed by atoms with Crippen molar-refractivity contribution in [3.8, 4) is 0 Å². The fraction of sp³-hybridized carbons (Fsp3) is 0.455. The topological polar surface area (TPSA) is 72.7 Å². The van der Waals surface area contributed by atoms with Crippen molar-refractivity contribution >= 4 is 17.2 Å². The number of nitrogens with zero attached hydrogens (tertiary/aromatic N) is 4. The Kier molecular flexibility index (Phi) is 3.71. The van der Waals surface area contributed by atoms with Gasteiger partial charge in [-0.15, -0.1) is 21.5 Å². The molecule has 7 heteroatoms. The lowest BCUT2D eigenvalue weighted by atomic mass is 10.3. The van der Waals surface area contributed by atoms with Crippen molar-refractivity contribution in [2.45, 2.75) is 26.8 Å². The predicted octanol–water partition coefficient (Wildman–Crippen LogP) is 1.07. The molecule has 0 aliphatic carbocycles. The van der Waals surface area contributed by atoms with E-state index in [1.165, 1.54) is 11.3 Å². The highest BCUT2D eigenvalue weighted by atomic mass is 32.1. The summed E-state index contributed by atoms with van der Waals surface area (Å²) < 4.78 is 1.85. The summed E-state index contributed by atoms with van der Waals surface area (Å²) in [5.74, 6) is 1.46. The van der Waals surface area contributed by atoms with Crippen LogP contribution in [0.4, 0.5) is 0 Å². The van der Waals surface area contributed by atoms with Crippen LogP contribution in [0.25, 0.3) is 0 Å². The van der Waals surface area contributed by atoms with Gasteiger partial charge in [-0.3, -0.25) is 4.79 Å². The molecule has 0 radical (unpaired) electrons. The standard InChI is InChI=1S/C11H15N5OS/c1-4-8-10(18-6-13-8)11(17)12-5-9-15-14-7(2)16(9)3/h6H,4-5H2,1-3H3,(H,12,17). The maximum atomic E-state index is 12.0. The number of amides is 1. The first kappa shape index (κ1) is 12.7. The van der Waals surface area contributed by atoms with E-state index in [-0.39, 0.29) is 5.91 Å². The van der Waals surface area contributed by atoms with Crippen LogP contribution in [0.2, 0.25) is 0 Å². The largest absolute Gasteiger partial charge is 0.344 e. The van der Waals surface area contributed by atoms with Gasteiger partial charge in [-0.25, -0.2) is 4.98 Å². The van der Waals surface area contributed by atoms with Crippen molar-refractivity contribution in [1.82, 2.24) is 25.1 Å². The van der Waals surface area contributed by atoms with E-state index in [4.69, 9.17) is 0 Å². The fourth-order valence-corrected chi connectivity index (χ4v) is 2.35. The molecule has 2 heterocycles. The summed E-state index contributed by atoms with van der Waals surface area (Å²) in [5.41, 5.74) is 2.53. The van der Waals surface area contributed by atoms with Gasteiger partial charge in [0.05, 0.1) is 17.7 Å². The van der Waals surface area contributed by atoms with Crippen molar-refractivity contribution < 1.29 is 4.79 Å². The summed E-state index contributed by atoms with van der Waals surface area (Å²) in [7, 11) is 1.88. The highest BCUT2D eigenvalue weighted by Crippen LogP contribution is 2.13. The highest BCUT2D eigenvalue weighted by molar-refractivity contribution is 7.11. The van der Waals surface area contributed by atoms with Gasteiger partial charge in [0.1, 0.15) is 10.7 Å². The second-order valence-electron chi connectivity index (χ2n) is 3.89. The molecule has 0 saturated heterocycles. The van der Waals surface area contributed by atoms with Crippen LogP contribution >= 0.6 is 11.3 Å². The number of aromatic nitrogens is 4. The number of carbonyl (C=O) groups is 1.